The molecule has 0 aromatic heterocycles. The van der Waals surface area contributed by atoms with Gasteiger partial charge in [-0.3, -0.25) is 0 Å². The molecule has 3 N–H and O–H groups in total. The molecule has 17 heavy (non-hydrogen) atoms. The van der Waals surface area contributed by atoms with Crippen LogP contribution in [0.3, 0.4) is 0 Å². The van der Waals surface area contributed by atoms with Crippen molar-refractivity contribution in [3.63, 3.8) is 0 Å². The van der Waals surface area contributed by atoms with E-state index in [0.717, 1.165) is 0 Å². The SMILES string of the molecule is O=NN(CCF)C(=O)NC1[C@H](O)CCC[C@H]1O. The predicted molar refractivity (Wildman–Crippen MR) is 56.7 cm³/mol. The third kappa shape index (κ3) is 3.60. The zero-order valence-electron chi connectivity index (χ0n) is 9.25. The van der Waals surface area contributed by atoms with Gasteiger partial charge in [-0.1, -0.05) is 0 Å². The minimum absolute atomic E-state index is 0.383. The number of hydrogen-bond acceptors (Lipinski definition) is 5. The van der Waals surface area contributed by atoms with Crippen LogP contribution in [0.15, 0.2) is 5.29 Å². The Balaban J connectivity index is 2.56. The second kappa shape index (κ2) is 6.45. The molecule has 2 atom stereocenters. The van der Waals surface area contributed by atoms with E-state index in [2.05, 4.69) is 10.6 Å². The Morgan fingerprint density at radius 3 is 2.47 bits per heavy atom. The number of nitrogens with one attached hydrogen (secondary N) is 1. The van der Waals surface area contributed by atoms with Crippen LogP contribution in [-0.2, 0) is 0 Å². The zero-order chi connectivity index (χ0) is 12.8. The van der Waals surface area contributed by atoms with Gasteiger partial charge in [0.15, 0.2) is 0 Å². The van der Waals surface area contributed by atoms with Gasteiger partial charge in [-0.25, -0.2) is 9.18 Å². The van der Waals surface area contributed by atoms with E-state index in [4.69, 9.17) is 0 Å². The molecule has 1 aliphatic carbocycles. The molecule has 7 nitrogen and oxygen atoms in total. The molecule has 1 rings (SSSR count). The van der Waals surface area contributed by atoms with Crippen molar-refractivity contribution < 1.29 is 19.4 Å². The molecule has 0 spiro atoms. The number of urea groups is 1. The second-order valence-electron chi connectivity index (χ2n) is 3.93. The maximum atomic E-state index is 12.0. The van der Waals surface area contributed by atoms with Gasteiger partial charge < -0.3 is 15.5 Å². The highest BCUT2D eigenvalue weighted by Crippen LogP contribution is 2.19. The van der Waals surface area contributed by atoms with Crippen molar-refractivity contribution in [2.24, 2.45) is 5.29 Å². The highest BCUT2D eigenvalue weighted by atomic mass is 19.1. The molecule has 0 aliphatic heterocycles. The number of aliphatic hydroxyl groups excluding tert-OH is 2. The molecule has 1 saturated carbocycles. The van der Waals surface area contributed by atoms with Crippen LogP contribution in [0, 0.1) is 4.91 Å². The van der Waals surface area contributed by atoms with Gasteiger partial charge in [-0.05, 0) is 19.3 Å². The Kier molecular flexibility index (Phi) is 5.23. The summed E-state index contributed by atoms with van der Waals surface area (Å²) in [5.41, 5.74) is 0. The van der Waals surface area contributed by atoms with Crippen molar-refractivity contribution in [2.45, 2.75) is 37.5 Å². The van der Waals surface area contributed by atoms with Crippen LogP contribution in [0.1, 0.15) is 19.3 Å². The van der Waals surface area contributed by atoms with E-state index in [1.165, 1.54) is 0 Å². The van der Waals surface area contributed by atoms with E-state index in [-0.39, 0.29) is 0 Å². The van der Waals surface area contributed by atoms with E-state index in [1.54, 1.807) is 0 Å². The van der Waals surface area contributed by atoms with E-state index in [1.807, 2.05) is 0 Å². The molecule has 0 aromatic carbocycles. The number of alkyl halides is 1. The first-order valence-corrected chi connectivity index (χ1v) is 5.43. The third-order valence-corrected chi connectivity index (χ3v) is 2.75. The summed E-state index contributed by atoms with van der Waals surface area (Å²) in [6.07, 6.45) is -0.170. The van der Waals surface area contributed by atoms with Gasteiger partial charge in [0, 0.05) is 0 Å². The Bertz CT molecular complexity index is 269. The summed E-state index contributed by atoms with van der Waals surface area (Å²) in [5.74, 6) is 0. The number of amides is 2. The molecular weight excluding hydrogens is 233 g/mol. The molecule has 0 bridgehead atoms. The number of aliphatic hydroxyl groups is 2. The van der Waals surface area contributed by atoms with E-state index < -0.39 is 37.5 Å². The molecule has 1 aliphatic rings. The average Bonchev–Trinajstić information content (AvgIpc) is 2.30. The van der Waals surface area contributed by atoms with Crippen LogP contribution in [0.5, 0.6) is 0 Å². The number of carbonyl (C=O) groups is 1. The topological polar surface area (TPSA) is 102 Å². The normalized spacial score (nSPS) is 25.4. The van der Waals surface area contributed by atoms with Crippen LogP contribution in [0.2, 0.25) is 0 Å². The number of rotatable bonds is 4. The predicted octanol–water partition coefficient (Wildman–Crippen LogP) is -0.0768. The summed E-state index contributed by atoms with van der Waals surface area (Å²) in [5, 5.41) is 24.2. The van der Waals surface area contributed by atoms with Crippen molar-refractivity contribution >= 4 is 6.03 Å². The molecule has 0 saturated heterocycles. The van der Waals surface area contributed by atoms with E-state index >= 15 is 0 Å². The molecular formula is C9H16FN3O4. The van der Waals surface area contributed by atoms with Crippen LogP contribution in [0.25, 0.3) is 0 Å². The van der Waals surface area contributed by atoms with Gasteiger partial charge >= 0.3 is 6.03 Å². The van der Waals surface area contributed by atoms with E-state index in [9.17, 15) is 24.3 Å². The number of nitroso groups, excluding NO2 is 1. The van der Waals surface area contributed by atoms with Crippen molar-refractivity contribution in [1.29, 1.82) is 0 Å². The fourth-order valence-electron chi connectivity index (χ4n) is 1.82. The van der Waals surface area contributed by atoms with Crippen LogP contribution in [-0.4, -0.2) is 52.7 Å². The van der Waals surface area contributed by atoms with E-state index in [0.29, 0.717) is 24.3 Å². The lowest BCUT2D eigenvalue weighted by atomic mass is 9.90. The number of carbonyl (C=O) groups excluding carboxylic acids is 1. The van der Waals surface area contributed by atoms with Crippen LogP contribution < -0.4 is 5.32 Å². The Labute approximate surface area is 97.5 Å². The van der Waals surface area contributed by atoms with Gasteiger partial charge in [0.25, 0.3) is 0 Å². The molecule has 2 amide bonds. The smallest absolute Gasteiger partial charge is 0.340 e. The van der Waals surface area contributed by atoms with Gasteiger partial charge in [-0.2, -0.15) is 5.01 Å². The number of nitrogens with zero attached hydrogens (tertiary/aromatic N) is 2. The summed E-state index contributed by atoms with van der Waals surface area (Å²) in [6, 6.07) is -1.76. The molecule has 0 aromatic rings. The van der Waals surface area contributed by atoms with Gasteiger partial charge in [-0.15, -0.1) is 4.91 Å². The summed E-state index contributed by atoms with van der Waals surface area (Å²) in [7, 11) is 0. The van der Waals surface area contributed by atoms with Crippen LogP contribution >= 0.6 is 0 Å². The van der Waals surface area contributed by atoms with Crippen molar-refractivity contribution in [3.8, 4) is 0 Å². The summed E-state index contributed by atoms with van der Waals surface area (Å²) in [4.78, 5) is 21.7. The fourth-order valence-corrected chi connectivity index (χ4v) is 1.82. The Morgan fingerprint density at radius 1 is 1.41 bits per heavy atom. The first-order chi connectivity index (χ1) is 8.10. The van der Waals surface area contributed by atoms with Crippen molar-refractivity contribution in [2.75, 3.05) is 13.2 Å². The summed E-state index contributed by atoms with van der Waals surface area (Å²) < 4.78 is 12.0. The minimum Gasteiger partial charge on any atom is -0.391 e. The first-order valence-electron chi connectivity index (χ1n) is 5.43. The maximum Gasteiger partial charge on any atom is 0.340 e. The Morgan fingerprint density at radius 2 is 2.00 bits per heavy atom. The molecule has 0 heterocycles. The van der Waals surface area contributed by atoms with Crippen molar-refractivity contribution in [3.05, 3.63) is 4.91 Å². The third-order valence-electron chi connectivity index (χ3n) is 2.75. The molecule has 1 fully saturated rings. The lowest BCUT2D eigenvalue weighted by molar-refractivity contribution is 0.00407. The molecule has 98 valence electrons. The first kappa shape index (κ1) is 13.8. The van der Waals surface area contributed by atoms with Crippen molar-refractivity contribution in [1.82, 2.24) is 10.3 Å². The molecule has 0 unspecified atom stereocenters. The number of halogens is 1. The highest BCUT2D eigenvalue weighted by molar-refractivity contribution is 5.74. The van der Waals surface area contributed by atoms with Gasteiger partial charge in [0.05, 0.1) is 30.1 Å². The lowest BCUT2D eigenvalue weighted by Gasteiger charge is -2.33. The maximum absolute atomic E-state index is 12.0. The second-order valence-corrected chi connectivity index (χ2v) is 3.93. The monoisotopic (exact) mass is 249 g/mol. The summed E-state index contributed by atoms with van der Waals surface area (Å²) >= 11 is 0. The average molecular weight is 249 g/mol. The van der Waals surface area contributed by atoms with Crippen LogP contribution in [0.4, 0.5) is 9.18 Å². The molecule has 0 radical (unpaired) electrons. The highest BCUT2D eigenvalue weighted by Gasteiger charge is 2.33. The standard InChI is InChI=1S/C9H16FN3O4/c10-4-5-13(12-17)9(16)11-8-6(14)2-1-3-7(8)15/h6-8,14-15H,1-5H2,(H,11,16)/t6-,7-/m1/s1. The summed E-state index contributed by atoms with van der Waals surface area (Å²) in [6.45, 7) is -1.34. The van der Waals surface area contributed by atoms with Gasteiger partial charge in [0.2, 0.25) is 0 Å². The zero-order valence-corrected chi connectivity index (χ0v) is 9.25. The molecule has 8 heteroatoms. The lowest BCUT2D eigenvalue weighted by Crippen LogP contribution is -2.55. The van der Waals surface area contributed by atoms with Gasteiger partial charge in [0.1, 0.15) is 6.67 Å². The minimum atomic E-state index is -0.914. The quantitative estimate of drug-likeness (QED) is 0.479. The Hall–Kier alpha value is -1.28. The fraction of sp³-hybridized carbons (Fsp3) is 0.889. The largest absolute Gasteiger partial charge is 0.391 e. The number of hydrogen-bond donors (Lipinski definition) is 3.